The van der Waals surface area contributed by atoms with E-state index in [4.69, 9.17) is 16.3 Å². The van der Waals surface area contributed by atoms with E-state index in [1.165, 1.54) is 0 Å². The molecule has 0 radical (unpaired) electrons. The largest absolute Gasteiger partial charge is 0.493 e. The Morgan fingerprint density at radius 1 is 1.28 bits per heavy atom. The second-order valence-electron chi connectivity index (χ2n) is 5.11. The van der Waals surface area contributed by atoms with Gasteiger partial charge in [0.05, 0.1) is 6.61 Å². The summed E-state index contributed by atoms with van der Waals surface area (Å²) in [5, 5.41) is 4.15. The third-order valence-electron chi connectivity index (χ3n) is 2.94. The summed E-state index contributed by atoms with van der Waals surface area (Å²) in [6.45, 7) is 10.2. The lowest BCUT2D eigenvalue weighted by molar-refractivity contribution is 0.254. The molecule has 0 fully saturated rings. The van der Waals surface area contributed by atoms with E-state index in [0.717, 1.165) is 35.9 Å². The highest BCUT2D eigenvalue weighted by Crippen LogP contribution is 2.23. The molecule has 0 saturated heterocycles. The first-order valence-electron chi connectivity index (χ1n) is 6.67. The molecule has 0 bridgehead atoms. The quantitative estimate of drug-likeness (QED) is 0.798. The van der Waals surface area contributed by atoms with Crippen LogP contribution in [0, 0.1) is 5.92 Å². The molecule has 0 saturated carbocycles. The van der Waals surface area contributed by atoms with Crippen LogP contribution in [0.2, 0.25) is 5.02 Å². The molecule has 18 heavy (non-hydrogen) atoms. The van der Waals surface area contributed by atoms with Crippen LogP contribution in [0.5, 0.6) is 5.75 Å². The van der Waals surface area contributed by atoms with Gasteiger partial charge in [-0.2, -0.15) is 0 Å². The van der Waals surface area contributed by atoms with Crippen molar-refractivity contribution in [1.82, 2.24) is 5.32 Å². The number of nitrogens with one attached hydrogen (secondary N) is 1. The third-order valence-corrected chi connectivity index (χ3v) is 3.18. The number of halogens is 1. The van der Waals surface area contributed by atoms with Crippen LogP contribution in [0.1, 0.15) is 39.7 Å². The van der Waals surface area contributed by atoms with Gasteiger partial charge in [-0.15, -0.1) is 0 Å². The molecule has 3 heteroatoms. The maximum atomic E-state index is 6.04. The predicted molar refractivity (Wildman–Crippen MR) is 78.4 cm³/mol. The molecular formula is C15H24ClNO. The summed E-state index contributed by atoms with van der Waals surface area (Å²) in [6, 6.07) is 6.27. The standard InChI is InChI=1S/C15H24ClNO/c1-5-12(4)10-18-15-7-6-14(16)8-13(15)9-17-11(2)3/h6-8,11-12,17H,5,9-10H2,1-4H3. The fourth-order valence-corrected chi connectivity index (χ4v) is 1.69. The lowest BCUT2D eigenvalue weighted by Gasteiger charge is -2.16. The van der Waals surface area contributed by atoms with Crippen LogP contribution in [0.15, 0.2) is 18.2 Å². The molecule has 0 aromatic heterocycles. The molecule has 0 aliphatic carbocycles. The predicted octanol–water partition coefficient (Wildman–Crippen LogP) is 4.26. The van der Waals surface area contributed by atoms with Gasteiger partial charge in [0.25, 0.3) is 0 Å². The van der Waals surface area contributed by atoms with Gasteiger partial charge in [-0.1, -0.05) is 45.7 Å². The fraction of sp³-hybridized carbons (Fsp3) is 0.600. The number of rotatable bonds is 7. The van der Waals surface area contributed by atoms with Crippen LogP contribution in [0.4, 0.5) is 0 Å². The lowest BCUT2D eigenvalue weighted by Crippen LogP contribution is -2.22. The van der Waals surface area contributed by atoms with Gasteiger partial charge in [0, 0.05) is 23.2 Å². The van der Waals surface area contributed by atoms with E-state index in [1.807, 2.05) is 18.2 Å². The smallest absolute Gasteiger partial charge is 0.123 e. The zero-order valence-corrected chi connectivity index (χ0v) is 12.6. The molecule has 0 spiro atoms. The number of ether oxygens (including phenoxy) is 1. The summed E-state index contributed by atoms with van der Waals surface area (Å²) in [5.41, 5.74) is 1.12. The summed E-state index contributed by atoms with van der Waals surface area (Å²) in [6.07, 6.45) is 1.13. The van der Waals surface area contributed by atoms with Gasteiger partial charge in [0.1, 0.15) is 5.75 Å². The minimum atomic E-state index is 0.450. The van der Waals surface area contributed by atoms with Crippen LogP contribution >= 0.6 is 11.6 Å². The molecule has 1 aromatic carbocycles. The highest BCUT2D eigenvalue weighted by atomic mass is 35.5. The fourth-order valence-electron chi connectivity index (χ4n) is 1.49. The van der Waals surface area contributed by atoms with Crippen molar-refractivity contribution in [1.29, 1.82) is 0 Å². The van der Waals surface area contributed by atoms with Crippen molar-refractivity contribution in [3.05, 3.63) is 28.8 Å². The molecule has 1 aromatic rings. The molecule has 1 N–H and O–H groups in total. The molecule has 2 nitrogen and oxygen atoms in total. The molecule has 102 valence electrons. The van der Waals surface area contributed by atoms with Crippen molar-refractivity contribution in [2.24, 2.45) is 5.92 Å². The first kappa shape index (κ1) is 15.3. The Morgan fingerprint density at radius 2 is 2.00 bits per heavy atom. The van der Waals surface area contributed by atoms with E-state index in [2.05, 4.69) is 33.0 Å². The Kier molecular flexibility index (Phi) is 6.51. The van der Waals surface area contributed by atoms with Crippen LogP contribution in [-0.2, 0) is 6.54 Å². The highest BCUT2D eigenvalue weighted by Gasteiger charge is 2.07. The Hall–Kier alpha value is -0.730. The average Bonchev–Trinajstić information content (AvgIpc) is 2.34. The van der Waals surface area contributed by atoms with Crippen LogP contribution < -0.4 is 10.1 Å². The van der Waals surface area contributed by atoms with E-state index in [1.54, 1.807) is 0 Å². The van der Waals surface area contributed by atoms with E-state index in [9.17, 15) is 0 Å². The Labute approximate surface area is 116 Å². The molecule has 1 atom stereocenters. The summed E-state index contributed by atoms with van der Waals surface area (Å²) in [7, 11) is 0. The Balaban J connectivity index is 2.69. The minimum absolute atomic E-state index is 0.450. The van der Waals surface area contributed by atoms with Crippen molar-refractivity contribution >= 4 is 11.6 Å². The van der Waals surface area contributed by atoms with Crippen molar-refractivity contribution in [2.45, 2.75) is 46.7 Å². The molecule has 0 heterocycles. The number of hydrogen-bond acceptors (Lipinski definition) is 2. The maximum absolute atomic E-state index is 6.04. The lowest BCUT2D eigenvalue weighted by atomic mass is 10.1. The van der Waals surface area contributed by atoms with Crippen LogP contribution in [-0.4, -0.2) is 12.6 Å². The Morgan fingerprint density at radius 3 is 2.61 bits per heavy atom. The Bertz CT molecular complexity index is 366. The van der Waals surface area contributed by atoms with Gasteiger partial charge >= 0.3 is 0 Å². The number of benzene rings is 1. The van der Waals surface area contributed by atoms with E-state index in [0.29, 0.717) is 12.0 Å². The molecule has 1 rings (SSSR count). The van der Waals surface area contributed by atoms with Crippen molar-refractivity contribution in [2.75, 3.05) is 6.61 Å². The van der Waals surface area contributed by atoms with Crippen LogP contribution in [0.3, 0.4) is 0 Å². The zero-order valence-electron chi connectivity index (χ0n) is 11.8. The molecule has 1 unspecified atom stereocenters. The van der Waals surface area contributed by atoms with Gasteiger partial charge in [0.15, 0.2) is 0 Å². The average molecular weight is 270 g/mol. The van der Waals surface area contributed by atoms with Gasteiger partial charge in [-0.3, -0.25) is 0 Å². The van der Waals surface area contributed by atoms with E-state index < -0.39 is 0 Å². The molecule has 0 aliphatic rings. The molecule has 0 aliphatic heterocycles. The van der Waals surface area contributed by atoms with Gasteiger partial charge < -0.3 is 10.1 Å². The first-order chi connectivity index (χ1) is 8.52. The summed E-state index contributed by atoms with van der Waals surface area (Å²) >= 11 is 6.04. The van der Waals surface area contributed by atoms with E-state index >= 15 is 0 Å². The van der Waals surface area contributed by atoms with Crippen molar-refractivity contribution in [3.63, 3.8) is 0 Å². The van der Waals surface area contributed by atoms with Gasteiger partial charge in [-0.25, -0.2) is 0 Å². The second kappa shape index (κ2) is 7.65. The maximum Gasteiger partial charge on any atom is 0.123 e. The normalized spacial score (nSPS) is 12.8. The monoisotopic (exact) mass is 269 g/mol. The summed E-state index contributed by atoms with van der Waals surface area (Å²) in [4.78, 5) is 0. The van der Waals surface area contributed by atoms with E-state index in [-0.39, 0.29) is 0 Å². The highest BCUT2D eigenvalue weighted by molar-refractivity contribution is 6.30. The second-order valence-corrected chi connectivity index (χ2v) is 5.55. The van der Waals surface area contributed by atoms with Gasteiger partial charge in [0.2, 0.25) is 0 Å². The molecular weight excluding hydrogens is 246 g/mol. The van der Waals surface area contributed by atoms with Crippen molar-refractivity contribution in [3.8, 4) is 5.75 Å². The minimum Gasteiger partial charge on any atom is -0.493 e. The number of hydrogen-bond donors (Lipinski definition) is 1. The summed E-state index contributed by atoms with van der Waals surface area (Å²) in [5.74, 6) is 1.51. The van der Waals surface area contributed by atoms with Gasteiger partial charge in [-0.05, 0) is 24.1 Å². The first-order valence-corrected chi connectivity index (χ1v) is 7.05. The summed E-state index contributed by atoms with van der Waals surface area (Å²) < 4.78 is 5.88. The topological polar surface area (TPSA) is 21.3 Å². The van der Waals surface area contributed by atoms with Crippen molar-refractivity contribution < 1.29 is 4.74 Å². The van der Waals surface area contributed by atoms with Crippen LogP contribution in [0.25, 0.3) is 0 Å². The third kappa shape index (κ3) is 5.28. The molecule has 0 amide bonds. The SMILES string of the molecule is CCC(C)COc1ccc(Cl)cc1CNC(C)C. The zero-order chi connectivity index (χ0) is 13.5.